The average molecular weight is 286 g/mol. The molecule has 0 N–H and O–H groups in total. The summed E-state index contributed by atoms with van der Waals surface area (Å²) in [6.45, 7) is 3.91. The van der Waals surface area contributed by atoms with E-state index in [1.54, 1.807) is 0 Å². The quantitative estimate of drug-likeness (QED) is 0.659. The molecule has 0 aromatic heterocycles. The molecule has 0 spiro atoms. The van der Waals surface area contributed by atoms with Crippen LogP contribution in [-0.4, -0.2) is 35.7 Å². The molecule has 0 atom stereocenters. The molecule has 1 amide bonds. The first-order chi connectivity index (χ1) is 6.97. The number of carbonyl (C=O) groups excluding carboxylic acids is 1. The third-order valence-electron chi connectivity index (χ3n) is 2.00. The minimum absolute atomic E-state index is 0.177. The maximum Gasteiger partial charge on any atom is 0.255 e. The molecule has 0 aromatic rings. The van der Waals surface area contributed by atoms with Crippen LogP contribution < -0.4 is 0 Å². The molecule has 90 valence electrons. The molecule has 15 heavy (non-hydrogen) atoms. The number of hydrogen-bond acceptors (Lipinski definition) is 1. The molecule has 0 aliphatic carbocycles. The van der Waals surface area contributed by atoms with Crippen LogP contribution in [-0.2, 0) is 4.79 Å². The minimum Gasteiger partial charge on any atom is -0.336 e. The van der Waals surface area contributed by atoms with E-state index in [0.29, 0.717) is 24.2 Å². The fourth-order valence-corrected chi connectivity index (χ4v) is 1.58. The van der Waals surface area contributed by atoms with Crippen molar-refractivity contribution in [3.63, 3.8) is 0 Å². The molecule has 5 heteroatoms. The predicted molar refractivity (Wildman–Crippen MR) is 60.5 cm³/mol. The number of amides is 1. The molecular formula is C10H18BrF2NO. The fraction of sp³-hybridized carbons (Fsp3) is 0.900. The van der Waals surface area contributed by atoms with Gasteiger partial charge in [0.25, 0.3) is 6.43 Å². The van der Waals surface area contributed by atoms with Gasteiger partial charge in [0.1, 0.15) is 0 Å². The van der Waals surface area contributed by atoms with Gasteiger partial charge in [0, 0.05) is 18.3 Å². The molecule has 0 unspecified atom stereocenters. The smallest absolute Gasteiger partial charge is 0.255 e. The summed E-state index contributed by atoms with van der Waals surface area (Å²) in [5.41, 5.74) is 0. The van der Waals surface area contributed by atoms with Crippen molar-refractivity contribution < 1.29 is 13.6 Å². The van der Waals surface area contributed by atoms with E-state index in [1.165, 1.54) is 4.90 Å². The molecule has 0 aliphatic rings. The highest BCUT2D eigenvalue weighted by Gasteiger charge is 2.17. The van der Waals surface area contributed by atoms with Gasteiger partial charge in [-0.3, -0.25) is 4.79 Å². The fourth-order valence-electron chi connectivity index (χ4n) is 1.16. The number of carbonyl (C=O) groups is 1. The predicted octanol–water partition coefficient (Wildman–Crippen LogP) is 2.91. The number of halogens is 3. The van der Waals surface area contributed by atoms with Crippen LogP contribution in [0.2, 0.25) is 0 Å². The van der Waals surface area contributed by atoms with E-state index in [0.717, 1.165) is 6.42 Å². The van der Waals surface area contributed by atoms with E-state index in [-0.39, 0.29) is 5.91 Å². The van der Waals surface area contributed by atoms with Gasteiger partial charge in [0.05, 0.1) is 6.54 Å². The van der Waals surface area contributed by atoms with Crippen LogP contribution in [0.15, 0.2) is 0 Å². The Morgan fingerprint density at radius 2 is 2.00 bits per heavy atom. The summed E-state index contributed by atoms with van der Waals surface area (Å²) >= 11 is 3.15. The van der Waals surface area contributed by atoms with Crippen LogP contribution in [0.25, 0.3) is 0 Å². The van der Waals surface area contributed by atoms with E-state index in [4.69, 9.17) is 0 Å². The van der Waals surface area contributed by atoms with Gasteiger partial charge in [-0.25, -0.2) is 8.78 Å². The van der Waals surface area contributed by atoms with E-state index < -0.39 is 13.0 Å². The first-order valence-electron chi connectivity index (χ1n) is 5.09. The molecule has 0 saturated carbocycles. The van der Waals surface area contributed by atoms with Gasteiger partial charge in [0.15, 0.2) is 0 Å². The largest absolute Gasteiger partial charge is 0.336 e. The lowest BCUT2D eigenvalue weighted by Crippen LogP contribution is -2.36. The molecule has 0 fully saturated rings. The van der Waals surface area contributed by atoms with Crippen LogP contribution in [0, 0.1) is 5.92 Å². The van der Waals surface area contributed by atoms with E-state index in [2.05, 4.69) is 15.9 Å². The van der Waals surface area contributed by atoms with E-state index in [1.807, 2.05) is 13.8 Å². The van der Waals surface area contributed by atoms with Gasteiger partial charge < -0.3 is 4.90 Å². The van der Waals surface area contributed by atoms with Crippen molar-refractivity contribution in [2.75, 3.05) is 18.4 Å². The van der Waals surface area contributed by atoms with Crippen molar-refractivity contribution >= 4 is 21.8 Å². The van der Waals surface area contributed by atoms with Crippen molar-refractivity contribution in [1.82, 2.24) is 4.90 Å². The lowest BCUT2D eigenvalue weighted by Gasteiger charge is -2.21. The molecule has 0 radical (unpaired) electrons. The minimum atomic E-state index is -2.45. The molecular weight excluding hydrogens is 268 g/mol. The summed E-state index contributed by atoms with van der Waals surface area (Å²) in [5, 5.41) is 0.535. The Morgan fingerprint density at radius 3 is 2.40 bits per heavy atom. The zero-order valence-electron chi connectivity index (χ0n) is 9.18. The van der Waals surface area contributed by atoms with E-state index in [9.17, 15) is 13.6 Å². The molecule has 0 bridgehead atoms. The first-order valence-corrected chi connectivity index (χ1v) is 6.21. The Bertz CT molecular complexity index is 188. The van der Waals surface area contributed by atoms with Crippen molar-refractivity contribution in [2.45, 2.75) is 33.1 Å². The maximum absolute atomic E-state index is 12.2. The highest BCUT2D eigenvalue weighted by atomic mass is 79.9. The van der Waals surface area contributed by atoms with Crippen LogP contribution in [0.5, 0.6) is 0 Å². The summed E-state index contributed by atoms with van der Waals surface area (Å²) in [4.78, 5) is 12.8. The lowest BCUT2D eigenvalue weighted by molar-refractivity contribution is -0.133. The Kier molecular flexibility index (Phi) is 7.92. The van der Waals surface area contributed by atoms with Crippen LogP contribution >= 0.6 is 15.9 Å². The summed E-state index contributed by atoms with van der Waals surface area (Å²) < 4.78 is 24.3. The number of alkyl halides is 3. The summed E-state index contributed by atoms with van der Waals surface area (Å²) in [7, 11) is 0. The number of hydrogen-bond donors (Lipinski definition) is 0. The first kappa shape index (κ1) is 14.8. The highest BCUT2D eigenvalue weighted by molar-refractivity contribution is 9.09. The summed E-state index contributed by atoms with van der Waals surface area (Å²) in [5.74, 6) is 0.245. The normalized spacial score (nSPS) is 11.1. The highest BCUT2D eigenvalue weighted by Crippen LogP contribution is 2.08. The third kappa shape index (κ3) is 7.71. The monoisotopic (exact) mass is 285 g/mol. The zero-order chi connectivity index (χ0) is 11.8. The molecule has 0 aromatic carbocycles. The number of rotatable bonds is 7. The lowest BCUT2D eigenvalue weighted by atomic mass is 10.1. The van der Waals surface area contributed by atoms with Crippen molar-refractivity contribution in [3.05, 3.63) is 0 Å². The Hall–Kier alpha value is -0.190. The SMILES string of the molecule is CC(C)CCC(=O)N(CCBr)CC(F)F. The van der Waals surface area contributed by atoms with Gasteiger partial charge in [-0.1, -0.05) is 29.8 Å². The Balaban J connectivity index is 4.04. The summed E-state index contributed by atoms with van der Waals surface area (Å²) in [6.07, 6.45) is -1.34. The zero-order valence-corrected chi connectivity index (χ0v) is 10.8. The van der Waals surface area contributed by atoms with Crippen molar-refractivity contribution in [3.8, 4) is 0 Å². The molecule has 0 aliphatic heterocycles. The van der Waals surface area contributed by atoms with Gasteiger partial charge in [-0.2, -0.15) is 0 Å². The van der Waals surface area contributed by atoms with Gasteiger partial charge in [-0.15, -0.1) is 0 Å². The Labute approximate surface area is 98.1 Å². The summed E-state index contributed by atoms with van der Waals surface area (Å²) in [6, 6.07) is 0. The maximum atomic E-state index is 12.2. The number of nitrogens with zero attached hydrogens (tertiary/aromatic N) is 1. The third-order valence-corrected chi connectivity index (χ3v) is 2.36. The Morgan fingerprint density at radius 1 is 1.40 bits per heavy atom. The molecule has 2 nitrogen and oxygen atoms in total. The van der Waals surface area contributed by atoms with Gasteiger partial charge in [0.2, 0.25) is 5.91 Å². The van der Waals surface area contributed by atoms with Gasteiger partial charge in [-0.05, 0) is 12.3 Å². The second-order valence-corrected chi connectivity index (χ2v) is 4.65. The molecule has 0 rings (SSSR count). The van der Waals surface area contributed by atoms with Crippen LogP contribution in [0.4, 0.5) is 8.78 Å². The van der Waals surface area contributed by atoms with E-state index >= 15 is 0 Å². The van der Waals surface area contributed by atoms with Gasteiger partial charge >= 0.3 is 0 Å². The average Bonchev–Trinajstić information content (AvgIpc) is 2.12. The topological polar surface area (TPSA) is 20.3 Å². The molecule has 0 saturated heterocycles. The van der Waals surface area contributed by atoms with Crippen LogP contribution in [0.1, 0.15) is 26.7 Å². The molecule has 0 heterocycles. The van der Waals surface area contributed by atoms with Crippen LogP contribution in [0.3, 0.4) is 0 Å². The van der Waals surface area contributed by atoms with Crippen molar-refractivity contribution in [2.24, 2.45) is 5.92 Å². The second-order valence-electron chi connectivity index (χ2n) is 3.85. The second kappa shape index (κ2) is 8.02. The van der Waals surface area contributed by atoms with Crippen molar-refractivity contribution in [1.29, 1.82) is 0 Å². The standard InChI is InChI=1S/C10H18BrF2NO/c1-8(2)3-4-10(15)14(6-5-11)7-9(12)13/h8-9H,3-7H2,1-2H3.